The molecule has 0 unspecified atom stereocenters. The summed E-state index contributed by atoms with van der Waals surface area (Å²) >= 11 is 4.55. The fourth-order valence-corrected chi connectivity index (χ4v) is 3.57. The Kier molecular flexibility index (Phi) is 4.50. The second-order valence-corrected chi connectivity index (χ2v) is 6.71. The van der Waals surface area contributed by atoms with E-state index in [0.717, 1.165) is 0 Å². The summed E-state index contributed by atoms with van der Waals surface area (Å²) in [7, 11) is 0. The Bertz CT molecular complexity index is 940. The number of benzene rings is 1. The molecule has 0 saturated heterocycles. The van der Waals surface area contributed by atoms with Crippen LogP contribution in [-0.2, 0) is 4.79 Å². The van der Waals surface area contributed by atoms with Crippen molar-refractivity contribution in [2.45, 2.75) is 6.92 Å². The number of anilines is 1. The highest BCUT2D eigenvalue weighted by Crippen LogP contribution is 2.34. The number of carbonyl (C=O) groups is 1. The SMILES string of the molecule is CC1=NN(c2c(F)c(F)c(F)c(F)c2F)C(=O)/C1=C/c1sccc1Br. The minimum absolute atomic E-state index is 0.0212. The third-order valence-corrected chi connectivity index (χ3v) is 5.20. The van der Waals surface area contributed by atoms with Crippen LogP contribution in [0.5, 0.6) is 0 Å². The highest BCUT2D eigenvalue weighted by atomic mass is 79.9. The van der Waals surface area contributed by atoms with Gasteiger partial charge in [0, 0.05) is 9.35 Å². The van der Waals surface area contributed by atoms with Crippen LogP contribution in [0.1, 0.15) is 11.8 Å². The maximum atomic E-state index is 13.9. The van der Waals surface area contributed by atoms with E-state index in [-0.39, 0.29) is 16.3 Å². The Hall–Kier alpha value is -2.07. The fourth-order valence-electron chi connectivity index (χ4n) is 2.15. The number of hydrazone groups is 1. The third kappa shape index (κ3) is 2.78. The third-order valence-electron chi connectivity index (χ3n) is 3.38. The summed E-state index contributed by atoms with van der Waals surface area (Å²) in [5.74, 6) is -11.8. The van der Waals surface area contributed by atoms with Crippen molar-refractivity contribution >= 4 is 50.6 Å². The maximum Gasteiger partial charge on any atom is 0.280 e. The van der Waals surface area contributed by atoms with Gasteiger partial charge in [-0.3, -0.25) is 4.79 Å². The fraction of sp³-hybridized carbons (Fsp3) is 0.0667. The number of nitrogens with zero attached hydrogens (tertiary/aromatic N) is 2. The number of thiophene rings is 1. The summed E-state index contributed by atoms with van der Waals surface area (Å²) < 4.78 is 68.4. The van der Waals surface area contributed by atoms with Crippen molar-refractivity contribution in [1.82, 2.24) is 0 Å². The van der Waals surface area contributed by atoms with Gasteiger partial charge in [-0.05, 0) is 40.4 Å². The first kappa shape index (κ1) is 17.7. The van der Waals surface area contributed by atoms with Crippen molar-refractivity contribution < 1.29 is 26.7 Å². The molecule has 0 radical (unpaired) electrons. The molecule has 0 atom stereocenters. The van der Waals surface area contributed by atoms with Gasteiger partial charge in [0.2, 0.25) is 5.82 Å². The number of halogens is 6. The maximum absolute atomic E-state index is 13.9. The van der Waals surface area contributed by atoms with Crippen LogP contribution < -0.4 is 5.01 Å². The number of hydrogen-bond acceptors (Lipinski definition) is 3. The number of amides is 1. The lowest BCUT2D eigenvalue weighted by Gasteiger charge is -2.15. The van der Waals surface area contributed by atoms with E-state index in [9.17, 15) is 26.7 Å². The second-order valence-electron chi connectivity index (χ2n) is 4.91. The first-order valence-electron chi connectivity index (χ1n) is 6.60. The smallest absolute Gasteiger partial charge is 0.267 e. The van der Waals surface area contributed by atoms with Crippen LogP contribution >= 0.6 is 27.3 Å². The minimum atomic E-state index is -2.30. The van der Waals surface area contributed by atoms with Gasteiger partial charge in [0.25, 0.3) is 5.91 Å². The van der Waals surface area contributed by atoms with Crippen LogP contribution in [0, 0.1) is 29.1 Å². The summed E-state index contributed by atoms with van der Waals surface area (Å²) in [5.41, 5.74) is -1.35. The quantitative estimate of drug-likeness (QED) is 0.281. The van der Waals surface area contributed by atoms with E-state index in [2.05, 4.69) is 21.0 Å². The van der Waals surface area contributed by atoms with Gasteiger partial charge in [0.15, 0.2) is 23.3 Å². The van der Waals surface area contributed by atoms with Gasteiger partial charge in [0.1, 0.15) is 5.69 Å². The lowest BCUT2D eigenvalue weighted by atomic mass is 10.1. The Morgan fingerprint density at radius 2 is 1.64 bits per heavy atom. The molecule has 0 bridgehead atoms. The zero-order chi connectivity index (χ0) is 18.5. The average Bonchev–Trinajstić information content (AvgIpc) is 3.10. The van der Waals surface area contributed by atoms with Crippen molar-refractivity contribution in [3.63, 3.8) is 0 Å². The van der Waals surface area contributed by atoms with E-state index in [4.69, 9.17) is 0 Å². The molecule has 130 valence electrons. The van der Waals surface area contributed by atoms with Crippen LogP contribution in [0.25, 0.3) is 6.08 Å². The van der Waals surface area contributed by atoms with Crippen molar-refractivity contribution in [2.75, 3.05) is 5.01 Å². The molecule has 1 amide bonds. The zero-order valence-electron chi connectivity index (χ0n) is 12.2. The van der Waals surface area contributed by atoms with Crippen molar-refractivity contribution in [1.29, 1.82) is 0 Å². The first-order chi connectivity index (χ1) is 11.7. The Morgan fingerprint density at radius 1 is 1.08 bits per heavy atom. The molecule has 0 spiro atoms. The Morgan fingerprint density at radius 3 is 2.16 bits per heavy atom. The summed E-state index contributed by atoms with van der Waals surface area (Å²) in [4.78, 5) is 13.1. The zero-order valence-corrected chi connectivity index (χ0v) is 14.6. The van der Waals surface area contributed by atoms with Crippen LogP contribution in [0.15, 0.2) is 26.6 Å². The molecule has 0 N–H and O–H groups in total. The molecule has 1 aliphatic heterocycles. The molecule has 10 heteroatoms. The number of carbonyl (C=O) groups excluding carboxylic acids is 1. The standard InChI is InChI=1S/C15H6BrF5N2OS/c1-5-6(4-8-7(16)2-3-25-8)15(24)23(22-5)14-12(20)10(18)9(17)11(19)13(14)21/h2-4H,1H3/b6-4+. The highest BCUT2D eigenvalue weighted by molar-refractivity contribution is 9.10. The van der Waals surface area contributed by atoms with Crippen LogP contribution in [0.3, 0.4) is 0 Å². The van der Waals surface area contributed by atoms with E-state index in [1.807, 2.05) is 0 Å². The molecule has 1 aliphatic rings. The largest absolute Gasteiger partial charge is 0.280 e. The highest BCUT2D eigenvalue weighted by Gasteiger charge is 2.37. The van der Waals surface area contributed by atoms with E-state index in [1.54, 1.807) is 11.4 Å². The summed E-state index contributed by atoms with van der Waals surface area (Å²) in [6, 6.07) is 1.73. The van der Waals surface area contributed by atoms with Crippen molar-refractivity contribution in [2.24, 2.45) is 5.10 Å². The molecular formula is C15H6BrF5N2OS. The Labute approximate surface area is 150 Å². The molecule has 25 heavy (non-hydrogen) atoms. The predicted molar refractivity (Wildman–Crippen MR) is 86.8 cm³/mol. The van der Waals surface area contributed by atoms with Crippen molar-refractivity contribution in [3.8, 4) is 0 Å². The molecule has 2 heterocycles. The molecular weight excluding hydrogens is 431 g/mol. The van der Waals surface area contributed by atoms with E-state index < -0.39 is 40.7 Å². The van der Waals surface area contributed by atoms with Crippen LogP contribution in [-0.4, -0.2) is 11.6 Å². The second kappa shape index (κ2) is 6.34. The van der Waals surface area contributed by atoms with E-state index in [0.29, 0.717) is 9.35 Å². The van der Waals surface area contributed by atoms with Gasteiger partial charge in [-0.15, -0.1) is 11.3 Å². The van der Waals surface area contributed by atoms with Crippen molar-refractivity contribution in [3.05, 3.63) is 55.5 Å². The Balaban J connectivity index is 2.12. The topological polar surface area (TPSA) is 32.7 Å². The molecule has 0 aliphatic carbocycles. The van der Waals surface area contributed by atoms with Gasteiger partial charge in [-0.2, -0.15) is 10.1 Å². The monoisotopic (exact) mass is 436 g/mol. The molecule has 2 aromatic rings. The van der Waals surface area contributed by atoms with E-state index in [1.165, 1.54) is 24.3 Å². The summed E-state index contributed by atoms with van der Waals surface area (Å²) in [5, 5.41) is 5.57. The molecule has 0 saturated carbocycles. The minimum Gasteiger partial charge on any atom is -0.267 e. The molecule has 1 aromatic carbocycles. The normalized spacial score (nSPS) is 16.1. The predicted octanol–water partition coefficient (Wildman–Crippen LogP) is 5.01. The molecule has 3 nitrogen and oxygen atoms in total. The first-order valence-corrected chi connectivity index (χ1v) is 8.27. The average molecular weight is 437 g/mol. The number of hydrogen-bond donors (Lipinski definition) is 0. The van der Waals surface area contributed by atoms with Gasteiger partial charge in [-0.1, -0.05) is 0 Å². The lowest BCUT2D eigenvalue weighted by molar-refractivity contribution is -0.114. The molecule has 3 rings (SSSR count). The molecule has 0 fully saturated rings. The van der Waals surface area contributed by atoms with Gasteiger partial charge < -0.3 is 0 Å². The summed E-state index contributed by atoms with van der Waals surface area (Å²) in [6.07, 6.45) is 1.42. The van der Waals surface area contributed by atoms with E-state index >= 15 is 0 Å². The van der Waals surface area contributed by atoms with Gasteiger partial charge >= 0.3 is 0 Å². The van der Waals surface area contributed by atoms with Gasteiger partial charge in [0.05, 0.1) is 11.3 Å². The lowest BCUT2D eigenvalue weighted by Crippen LogP contribution is -2.25. The number of rotatable bonds is 2. The summed E-state index contributed by atoms with van der Waals surface area (Å²) in [6.45, 7) is 1.39. The molecule has 1 aromatic heterocycles. The van der Waals surface area contributed by atoms with Gasteiger partial charge in [-0.25, -0.2) is 22.0 Å². The van der Waals surface area contributed by atoms with Crippen LogP contribution in [0.4, 0.5) is 27.6 Å². The van der Waals surface area contributed by atoms with Crippen LogP contribution in [0.2, 0.25) is 0 Å².